The summed E-state index contributed by atoms with van der Waals surface area (Å²) in [4.78, 5) is 12.8. The molecular formula is C21H17BrN4O2. The molecule has 0 aliphatic heterocycles. The van der Waals surface area contributed by atoms with E-state index in [1.54, 1.807) is 17.8 Å². The van der Waals surface area contributed by atoms with Gasteiger partial charge < -0.3 is 9.84 Å². The van der Waals surface area contributed by atoms with Gasteiger partial charge in [0.25, 0.3) is 5.91 Å². The molecule has 0 aliphatic rings. The molecule has 2 aromatic carbocycles. The highest BCUT2D eigenvalue weighted by Crippen LogP contribution is 2.32. The monoisotopic (exact) mass is 436 g/mol. The van der Waals surface area contributed by atoms with Crippen molar-refractivity contribution in [3.8, 4) is 22.4 Å². The second kappa shape index (κ2) is 7.44. The number of carbonyl (C=O) groups is 1. The Kier molecular flexibility index (Phi) is 4.83. The van der Waals surface area contributed by atoms with Crippen molar-refractivity contribution in [1.82, 2.24) is 14.9 Å². The minimum absolute atomic E-state index is 0.138. The van der Waals surface area contributed by atoms with Gasteiger partial charge in [0.2, 0.25) is 5.76 Å². The lowest BCUT2D eigenvalue weighted by Crippen LogP contribution is -2.14. The lowest BCUT2D eigenvalue weighted by molar-refractivity contribution is 0.0987. The van der Waals surface area contributed by atoms with Gasteiger partial charge in [0.15, 0.2) is 0 Å². The van der Waals surface area contributed by atoms with Gasteiger partial charge in [-0.1, -0.05) is 63.6 Å². The van der Waals surface area contributed by atoms with Crippen LogP contribution in [0.3, 0.4) is 0 Å². The predicted molar refractivity (Wildman–Crippen MR) is 111 cm³/mol. The molecular weight excluding hydrogens is 420 g/mol. The molecule has 0 atom stereocenters. The highest BCUT2D eigenvalue weighted by Gasteiger charge is 2.20. The quantitative estimate of drug-likeness (QED) is 0.484. The SMILES string of the molecule is Cc1nn(C)c(NC(=O)c2cc(-c3ccccc3)no2)c1-c1ccc(Br)cc1. The summed E-state index contributed by atoms with van der Waals surface area (Å²) in [6, 6.07) is 19.1. The van der Waals surface area contributed by atoms with Crippen LogP contribution >= 0.6 is 15.9 Å². The van der Waals surface area contributed by atoms with Gasteiger partial charge in [-0.2, -0.15) is 5.10 Å². The Balaban J connectivity index is 1.64. The van der Waals surface area contributed by atoms with Gasteiger partial charge in [-0.3, -0.25) is 9.48 Å². The number of benzene rings is 2. The van der Waals surface area contributed by atoms with Crippen molar-refractivity contribution in [2.45, 2.75) is 6.92 Å². The van der Waals surface area contributed by atoms with Gasteiger partial charge in [0, 0.05) is 28.7 Å². The molecule has 4 rings (SSSR count). The minimum atomic E-state index is -0.379. The molecule has 0 radical (unpaired) electrons. The zero-order valence-corrected chi connectivity index (χ0v) is 16.9. The summed E-state index contributed by atoms with van der Waals surface area (Å²) in [5.41, 5.74) is 4.15. The lowest BCUT2D eigenvalue weighted by Gasteiger charge is -2.08. The van der Waals surface area contributed by atoms with Gasteiger partial charge >= 0.3 is 0 Å². The van der Waals surface area contributed by atoms with Crippen molar-refractivity contribution in [3.63, 3.8) is 0 Å². The normalized spacial score (nSPS) is 10.8. The molecule has 0 fully saturated rings. The summed E-state index contributed by atoms with van der Waals surface area (Å²) in [5, 5.41) is 11.4. The van der Waals surface area contributed by atoms with Gasteiger partial charge in [0.05, 0.1) is 5.69 Å². The Hall–Kier alpha value is -3.19. The van der Waals surface area contributed by atoms with E-state index in [0.717, 1.165) is 26.9 Å². The molecule has 0 unspecified atom stereocenters. The lowest BCUT2D eigenvalue weighted by atomic mass is 10.1. The number of hydrogen-bond acceptors (Lipinski definition) is 4. The van der Waals surface area contributed by atoms with Crippen molar-refractivity contribution in [3.05, 3.63) is 76.6 Å². The summed E-state index contributed by atoms with van der Waals surface area (Å²) < 4.78 is 7.90. The van der Waals surface area contributed by atoms with E-state index in [9.17, 15) is 4.79 Å². The maximum atomic E-state index is 12.8. The first kappa shape index (κ1) is 18.2. The fourth-order valence-corrected chi connectivity index (χ4v) is 3.32. The van der Waals surface area contributed by atoms with Crippen molar-refractivity contribution < 1.29 is 9.32 Å². The van der Waals surface area contributed by atoms with Gasteiger partial charge in [-0.05, 0) is 24.6 Å². The molecule has 1 amide bonds. The summed E-state index contributed by atoms with van der Waals surface area (Å²) >= 11 is 3.44. The van der Waals surface area contributed by atoms with Gasteiger partial charge in [-0.15, -0.1) is 0 Å². The zero-order chi connectivity index (χ0) is 19.7. The third-order valence-corrected chi connectivity index (χ3v) is 4.92. The number of anilines is 1. The number of halogens is 1. The van der Waals surface area contributed by atoms with Crippen LogP contribution in [0.15, 0.2) is 69.7 Å². The van der Waals surface area contributed by atoms with Crippen LogP contribution in [0.5, 0.6) is 0 Å². The Morgan fingerprint density at radius 1 is 1.07 bits per heavy atom. The standard InChI is InChI=1S/C21H17BrN4O2/c1-13-19(15-8-10-16(22)11-9-15)20(26(2)24-13)23-21(27)18-12-17(25-28-18)14-6-4-3-5-7-14/h3-12H,1-2H3,(H,23,27). The van der Waals surface area contributed by atoms with E-state index in [4.69, 9.17) is 4.52 Å². The Bertz CT molecular complexity index is 1130. The molecule has 7 heteroatoms. The molecule has 0 bridgehead atoms. The van der Waals surface area contributed by atoms with Crippen molar-refractivity contribution in [2.24, 2.45) is 7.05 Å². The smallest absolute Gasteiger partial charge is 0.295 e. The van der Waals surface area contributed by atoms with Crippen LogP contribution in [0.4, 0.5) is 5.82 Å². The average Bonchev–Trinajstić information content (AvgIpc) is 3.29. The summed E-state index contributed by atoms with van der Waals surface area (Å²) in [6.07, 6.45) is 0. The first-order valence-corrected chi connectivity index (χ1v) is 9.45. The van der Waals surface area contributed by atoms with Gasteiger partial charge in [-0.25, -0.2) is 0 Å². The van der Waals surface area contributed by atoms with Crippen molar-refractivity contribution >= 4 is 27.7 Å². The topological polar surface area (TPSA) is 73.0 Å². The first-order chi connectivity index (χ1) is 13.5. The van der Waals surface area contributed by atoms with E-state index in [1.165, 1.54) is 0 Å². The van der Waals surface area contributed by atoms with Crippen LogP contribution < -0.4 is 5.32 Å². The zero-order valence-electron chi connectivity index (χ0n) is 15.3. The van der Waals surface area contributed by atoms with Crippen molar-refractivity contribution in [1.29, 1.82) is 0 Å². The van der Waals surface area contributed by atoms with Gasteiger partial charge in [0.1, 0.15) is 11.5 Å². The van der Waals surface area contributed by atoms with Crippen molar-refractivity contribution in [2.75, 3.05) is 5.32 Å². The Morgan fingerprint density at radius 3 is 2.50 bits per heavy atom. The maximum Gasteiger partial charge on any atom is 0.295 e. The fourth-order valence-electron chi connectivity index (χ4n) is 3.06. The number of aryl methyl sites for hydroxylation is 2. The van der Waals surface area contributed by atoms with E-state index in [2.05, 4.69) is 31.5 Å². The molecule has 0 spiro atoms. The highest BCUT2D eigenvalue weighted by molar-refractivity contribution is 9.10. The molecule has 2 heterocycles. The molecule has 0 saturated carbocycles. The number of rotatable bonds is 4. The summed E-state index contributed by atoms with van der Waals surface area (Å²) in [5.74, 6) is 0.359. The summed E-state index contributed by atoms with van der Waals surface area (Å²) in [6.45, 7) is 1.91. The van der Waals surface area contributed by atoms with Crippen LogP contribution in [-0.4, -0.2) is 20.8 Å². The largest absolute Gasteiger partial charge is 0.350 e. The molecule has 0 aliphatic carbocycles. The predicted octanol–water partition coefficient (Wildman–Crippen LogP) is 5.07. The number of aromatic nitrogens is 3. The average molecular weight is 437 g/mol. The second-order valence-electron chi connectivity index (χ2n) is 6.34. The first-order valence-electron chi connectivity index (χ1n) is 8.66. The van der Waals surface area contributed by atoms with E-state index < -0.39 is 0 Å². The molecule has 1 N–H and O–H groups in total. The van der Waals surface area contributed by atoms with Crippen LogP contribution in [0.2, 0.25) is 0 Å². The molecule has 140 valence electrons. The molecule has 2 aromatic heterocycles. The second-order valence-corrected chi connectivity index (χ2v) is 7.25. The number of hydrogen-bond donors (Lipinski definition) is 1. The number of nitrogens with zero attached hydrogens (tertiary/aromatic N) is 3. The molecule has 0 saturated heterocycles. The van der Waals surface area contributed by atoms with Crippen LogP contribution in [-0.2, 0) is 7.05 Å². The fraction of sp³-hybridized carbons (Fsp3) is 0.0952. The molecule has 6 nitrogen and oxygen atoms in total. The number of carbonyl (C=O) groups excluding carboxylic acids is 1. The number of amides is 1. The van der Waals surface area contributed by atoms with Crippen LogP contribution in [0, 0.1) is 6.92 Å². The Morgan fingerprint density at radius 2 is 1.79 bits per heavy atom. The van der Waals surface area contributed by atoms with Crippen LogP contribution in [0.1, 0.15) is 16.2 Å². The molecule has 28 heavy (non-hydrogen) atoms. The van der Waals surface area contributed by atoms with Crippen LogP contribution in [0.25, 0.3) is 22.4 Å². The maximum absolute atomic E-state index is 12.8. The van der Waals surface area contributed by atoms with E-state index in [-0.39, 0.29) is 11.7 Å². The third kappa shape index (κ3) is 3.48. The third-order valence-electron chi connectivity index (χ3n) is 4.39. The highest BCUT2D eigenvalue weighted by atomic mass is 79.9. The van der Waals surface area contributed by atoms with E-state index in [0.29, 0.717) is 11.5 Å². The minimum Gasteiger partial charge on any atom is -0.350 e. The molecule has 4 aromatic rings. The number of nitrogens with one attached hydrogen (secondary N) is 1. The Labute approximate surface area is 170 Å². The summed E-state index contributed by atoms with van der Waals surface area (Å²) in [7, 11) is 1.79. The van der Waals surface area contributed by atoms with E-state index in [1.807, 2.05) is 61.5 Å². The van der Waals surface area contributed by atoms with E-state index >= 15 is 0 Å².